The van der Waals surface area contributed by atoms with Crippen molar-refractivity contribution in [1.29, 1.82) is 0 Å². The summed E-state index contributed by atoms with van der Waals surface area (Å²) in [4.78, 5) is 12.2. The lowest BCUT2D eigenvalue weighted by molar-refractivity contribution is 0.0209. The molecule has 1 aliphatic rings. The molecule has 8 nitrogen and oxygen atoms in total. The van der Waals surface area contributed by atoms with Gasteiger partial charge in [0.25, 0.3) is 0 Å². The van der Waals surface area contributed by atoms with Gasteiger partial charge in [0.1, 0.15) is 22.8 Å². The first-order valence-electron chi connectivity index (χ1n) is 6.49. The third-order valence-corrected chi connectivity index (χ3v) is 3.54. The van der Waals surface area contributed by atoms with Gasteiger partial charge < -0.3 is 35.4 Å². The molecule has 1 heterocycles. The van der Waals surface area contributed by atoms with Crippen LogP contribution in [0.15, 0.2) is 24.3 Å². The zero-order valence-corrected chi connectivity index (χ0v) is 11.5. The number of ether oxygens (including phenoxy) is 1. The highest BCUT2D eigenvalue weighted by molar-refractivity contribution is 6.05. The van der Waals surface area contributed by atoms with Crippen LogP contribution < -0.4 is 4.74 Å². The van der Waals surface area contributed by atoms with Crippen LogP contribution in [-0.2, 0) is 0 Å². The number of Topliss-reactive ketones (excluding diaryl/α,β-unsaturated/α-hetero) is 1. The molecule has 2 aromatic carbocycles. The number of aliphatic hydroxyl groups is 1. The highest BCUT2D eigenvalue weighted by atomic mass is 16.5. The number of hydrogen-bond donors (Lipinski definition) is 6. The molecule has 0 saturated carbocycles. The molecular weight excluding hydrogens is 308 g/mol. The maximum Gasteiger partial charge on any atom is 0.202 e. The number of ketones is 1. The number of aliphatic hydroxyl groups excluding tert-OH is 1. The van der Waals surface area contributed by atoms with E-state index in [1.165, 1.54) is 0 Å². The predicted molar refractivity (Wildman–Crippen MR) is 74.9 cm³/mol. The highest BCUT2D eigenvalue weighted by Crippen LogP contribution is 2.44. The van der Waals surface area contributed by atoms with Gasteiger partial charge in [0.05, 0.1) is 0 Å². The zero-order chi connectivity index (χ0) is 16.9. The van der Waals surface area contributed by atoms with Crippen molar-refractivity contribution in [3.8, 4) is 34.5 Å². The fourth-order valence-corrected chi connectivity index (χ4v) is 2.45. The number of carbonyl (C=O) groups excluding carboxylic acids is 1. The summed E-state index contributed by atoms with van der Waals surface area (Å²) in [6, 6.07) is 4.06. The van der Waals surface area contributed by atoms with Gasteiger partial charge in [-0.2, -0.15) is 0 Å². The first-order chi connectivity index (χ1) is 10.8. The van der Waals surface area contributed by atoms with Crippen molar-refractivity contribution in [2.24, 2.45) is 0 Å². The standard InChI is InChI=1S/C15H12O8/c16-6-3-7(17)11-10(4-6)23-15(14(22)13(11)21)5-1-8(18)12(20)9(19)2-5/h1-4,14-20,22H/t14-,15-/m0/s1. The van der Waals surface area contributed by atoms with Gasteiger partial charge in [0, 0.05) is 17.7 Å². The van der Waals surface area contributed by atoms with Gasteiger partial charge in [-0.3, -0.25) is 4.79 Å². The number of rotatable bonds is 1. The van der Waals surface area contributed by atoms with Crippen molar-refractivity contribution < 1.29 is 40.2 Å². The molecule has 23 heavy (non-hydrogen) atoms. The highest BCUT2D eigenvalue weighted by Gasteiger charge is 2.39. The molecule has 0 aliphatic carbocycles. The van der Waals surface area contributed by atoms with Crippen LogP contribution in [0.4, 0.5) is 0 Å². The Kier molecular flexibility index (Phi) is 3.19. The lowest BCUT2D eigenvalue weighted by atomic mass is 9.92. The smallest absolute Gasteiger partial charge is 0.202 e. The Labute approximate surface area is 129 Å². The van der Waals surface area contributed by atoms with Crippen molar-refractivity contribution in [1.82, 2.24) is 0 Å². The molecule has 2 atom stereocenters. The molecule has 0 radical (unpaired) electrons. The van der Waals surface area contributed by atoms with Crippen LogP contribution in [0.2, 0.25) is 0 Å². The summed E-state index contributed by atoms with van der Waals surface area (Å²) in [7, 11) is 0. The molecule has 0 fully saturated rings. The Bertz CT molecular complexity index is 790. The maximum absolute atomic E-state index is 12.2. The fourth-order valence-electron chi connectivity index (χ4n) is 2.45. The Morgan fingerprint density at radius 3 is 2.09 bits per heavy atom. The predicted octanol–water partition coefficient (Wildman–Crippen LogP) is 0.892. The van der Waals surface area contributed by atoms with Crippen molar-refractivity contribution in [3.63, 3.8) is 0 Å². The van der Waals surface area contributed by atoms with E-state index in [9.17, 15) is 35.4 Å². The molecule has 0 bridgehead atoms. The summed E-state index contributed by atoms with van der Waals surface area (Å²) in [5.41, 5.74) is -0.258. The van der Waals surface area contributed by atoms with E-state index in [2.05, 4.69) is 0 Å². The molecule has 2 aromatic rings. The molecule has 0 spiro atoms. The second-order valence-electron chi connectivity index (χ2n) is 5.09. The molecule has 6 N–H and O–H groups in total. The van der Waals surface area contributed by atoms with E-state index in [0.717, 1.165) is 24.3 Å². The summed E-state index contributed by atoms with van der Waals surface area (Å²) >= 11 is 0. The number of benzene rings is 2. The van der Waals surface area contributed by atoms with Crippen LogP contribution in [0.25, 0.3) is 0 Å². The first kappa shape index (κ1) is 14.8. The Balaban J connectivity index is 2.11. The number of hydrogen-bond acceptors (Lipinski definition) is 8. The van der Waals surface area contributed by atoms with Crippen LogP contribution >= 0.6 is 0 Å². The number of fused-ring (bicyclic) bond motifs is 1. The number of phenolic OH excluding ortho intramolecular Hbond substituents is 5. The fraction of sp³-hybridized carbons (Fsp3) is 0.133. The minimum Gasteiger partial charge on any atom is -0.508 e. The van der Waals surface area contributed by atoms with Gasteiger partial charge in [-0.25, -0.2) is 0 Å². The van der Waals surface area contributed by atoms with Crippen molar-refractivity contribution in [2.75, 3.05) is 0 Å². The van der Waals surface area contributed by atoms with Crippen LogP contribution in [0.5, 0.6) is 34.5 Å². The summed E-state index contributed by atoms with van der Waals surface area (Å²) in [6.45, 7) is 0. The zero-order valence-electron chi connectivity index (χ0n) is 11.5. The van der Waals surface area contributed by atoms with Gasteiger partial charge >= 0.3 is 0 Å². The largest absolute Gasteiger partial charge is 0.508 e. The quantitative estimate of drug-likeness (QED) is 0.424. The maximum atomic E-state index is 12.2. The van der Waals surface area contributed by atoms with Gasteiger partial charge in [-0.05, 0) is 12.1 Å². The number of carbonyl (C=O) groups is 1. The Morgan fingerprint density at radius 2 is 1.48 bits per heavy atom. The summed E-state index contributed by atoms with van der Waals surface area (Å²) in [5.74, 6) is -3.96. The molecule has 0 amide bonds. The van der Waals surface area contributed by atoms with Crippen molar-refractivity contribution in [3.05, 3.63) is 35.4 Å². The number of phenols is 5. The van der Waals surface area contributed by atoms with Crippen LogP contribution in [-0.4, -0.2) is 42.5 Å². The molecule has 3 rings (SSSR count). The van der Waals surface area contributed by atoms with Gasteiger partial charge in [-0.15, -0.1) is 0 Å². The monoisotopic (exact) mass is 320 g/mol. The summed E-state index contributed by atoms with van der Waals surface area (Å²) in [5, 5.41) is 57.7. The lowest BCUT2D eigenvalue weighted by Crippen LogP contribution is -2.36. The molecule has 0 saturated heterocycles. The van der Waals surface area contributed by atoms with E-state index < -0.39 is 41.0 Å². The third-order valence-electron chi connectivity index (χ3n) is 3.54. The van der Waals surface area contributed by atoms with E-state index >= 15 is 0 Å². The second kappa shape index (κ2) is 4.96. The van der Waals surface area contributed by atoms with E-state index in [-0.39, 0.29) is 22.6 Å². The lowest BCUT2D eigenvalue weighted by Gasteiger charge is -2.30. The topological polar surface area (TPSA) is 148 Å². The summed E-state index contributed by atoms with van der Waals surface area (Å²) in [6.07, 6.45) is -3.03. The molecule has 8 heteroatoms. The van der Waals surface area contributed by atoms with Gasteiger partial charge in [0.2, 0.25) is 5.78 Å². The van der Waals surface area contributed by atoms with E-state index in [1.54, 1.807) is 0 Å². The van der Waals surface area contributed by atoms with E-state index in [4.69, 9.17) is 4.74 Å². The normalized spacial score (nSPS) is 20.0. The second-order valence-corrected chi connectivity index (χ2v) is 5.09. The number of aromatic hydroxyl groups is 5. The summed E-state index contributed by atoms with van der Waals surface area (Å²) < 4.78 is 5.42. The molecular formula is C15H12O8. The van der Waals surface area contributed by atoms with Crippen molar-refractivity contribution >= 4 is 5.78 Å². The van der Waals surface area contributed by atoms with E-state index in [1.807, 2.05) is 0 Å². The molecule has 0 unspecified atom stereocenters. The molecule has 0 aromatic heterocycles. The third kappa shape index (κ3) is 2.25. The molecule has 120 valence electrons. The Morgan fingerprint density at radius 1 is 0.870 bits per heavy atom. The Hall–Kier alpha value is -3.13. The first-order valence-corrected chi connectivity index (χ1v) is 6.49. The minimum atomic E-state index is -1.72. The van der Waals surface area contributed by atoms with Gasteiger partial charge in [0.15, 0.2) is 29.5 Å². The van der Waals surface area contributed by atoms with Crippen LogP contribution in [0.1, 0.15) is 22.0 Å². The SMILES string of the molecule is O=C1c2c(O)cc(O)cc2O[C@@H](c2cc(O)c(O)c(O)c2)[C@H]1O. The minimum absolute atomic E-state index is 0.0205. The van der Waals surface area contributed by atoms with Gasteiger partial charge in [-0.1, -0.05) is 0 Å². The molecule has 1 aliphatic heterocycles. The van der Waals surface area contributed by atoms with Crippen molar-refractivity contribution in [2.45, 2.75) is 12.2 Å². The van der Waals surface area contributed by atoms with E-state index in [0.29, 0.717) is 0 Å². The average Bonchev–Trinajstić information content (AvgIpc) is 2.47. The average molecular weight is 320 g/mol. The van der Waals surface area contributed by atoms with Crippen LogP contribution in [0.3, 0.4) is 0 Å². The van der Waals surface area contributed by atoms with Crippen LogP contribution in [0, 0.1) is 0 Å².